The van der Waals surface area contributed by atoms with Crippen molar-refractivity contribution < 1.29 is 4.42 Å². The summed E-state index contributed by atoms with van der Waals surface area (Å²) in [7, 11) is 3.62. The Morgan fingerprint density at radius 1 is 1.50 bits per heavy atom. The molecule has 0 bridgehead atoms. The Kier molecular flexibility index (Phi) is 3.40. The van der Waals surface area contributed by atoms with Gasteiger partial charge in [-0.15, -0.1) is 0 Å². The number of rotatable bonds is 4. The van der Waals surface area contributed by atoms with Crippen LogP contribution in [0, 0.1) is 0 Å². The van der Waals surface area contributed by atoms with Crippen LogP contribution >= 0.6 is 0 Å². The van der Waals surface area contributed by atoms with Crippen molar-refractivity contribution in [1.82, 2.24) is 4.57 Å². The first-order valence-electron chi connectivity index (χ1n) is 5.79. The molecule has 1 aromatic heterocycles. The Morgan fingerprint density at radius 3 is 2.89 bits per heavy atom. The van der Waals surface area contributed by atoms with Gasteiger partial charge in [0.2, 0.25) is 0 Å². The fourth-order valence-corrected chi connectivity index (χ4v) is 1.88. The molecule has 0 amide bonds. The van der Waals surface area contributed by atoms with E-state index in [1.54, 1.807) is 13.1 Å². The second-order valence-electron chi connectivity index (χ2n) is 4.46. The maximum absolute atomic E-state index is 11.4. The third-order valence-electron chi connectivity index (χ3n) is 3.03. The Hall–Kier alpha value is -1.79. The molecule has 6 nitrogen and oxygen atoms in total. The van der Waals surface area contributed by atoms with Crippen LogP contribution in [-0.4, -0.2) is 30.7 Å². The summed E-state index contributed by atoms with van der Waals surface area (Å²) in [4.78, 5) is 13.4. The number of fused-ring (bicyclic) bond motifs is 1. The Labute approximate surface area is 105 Å². The number of benzene rings is 1. The second-order valence-corrected chi connectivity index (χ2v) is 4.46. The standard InChI is InChI=1S/C12H18N4O2/c1-15(7-8(14)6-13)9-3-4-11-10(5-9)16(2)12(17)18-11/h3-5,8H,6-7,13-14H2,1-2H3. The molecular formula is C12H18N4O2. The van der Waals surface area contributed by atoms with Crippen molar-refractivity contribution in [1.29, 1.82) is 0 Å². The number of nitrogens with zero attached hydrogens (tertiary/aromatic N) is 2. The van der Waals surface area contributed by atoms with Gasteiger partial charge in [-0.1, -0.05) is 0 Å². The SMILES string of the molecule is CN(CC(N)CN)c1ccc2oc(=O)n(C)c2c1. The fraction of sp³-hybridized carbons (Fsp3) is 0.417. The van der Waals surface area contributed by atoms with Crippen LogP contribution in [0.5, 0.6) is 0 Å². The summed E-state index contributed by atoms with van der Waals surface area (Å²) in [5, 5.41) is 0. The van der Waals surface area contributed by atoms with Gasteiger partial charge in [0.05, 0.1) is 5.52 Å². The van der Waals surface area contributed by atoms with E-state index in [0.717, 1.165) is 11.2 Å². The average molecular weight is 250 g/mol. The maximum atomic E-state index is 11.4. The molecule has 98 valence electrons. The first kappa shape index (κ1) is 12.7. The van der Waals surface area contributed by atoms with E-state index >= 15 is 0 Å². The highest BCUT2D eigenvalue weighted by atomic mass is 16.4. The molecule has 18 heavy (non-hydrogen) atoms. The Bertz CT molecular complexity index is 602. The van der Waals surface area contributed by atoms with E-state index in [1.807, 2.05) is 24.1 Å². The Morgan fingerprint density at radius 2 is 2.22 bits per heavy atom. The van der Waals surface area contributed by atoms with Crippen LogP contribution in [0.1, 0.15) is 0 Å². The molecule has 4 N–H and O–H groups in total. The summed E-state index contributed by atoms with van der Waals surface area (Å²) >= 11 is 0. The molecule has 1 atom stereocenters. The average Bonchev–Trinajstić information content (AvgIpc) is 2.64. The van der Waals surface area contributed by atoms with E-state index in [4.69, 9.17) is 15.9 Å². The predicted octanol–water partition coefficient (Wildman–Crippen LogP) is -0.146. The van der Waals surface area contributed by atoms with Gasteiger partial charge in [0, 0.05) is 38.9 Å². The molecule has 0 spiro atoms. The number of oxazole rings is 1. The first-order chi connectivity index (χ1) is 8.52. The lowest BCUT2D eigenvalue weighted by molar-refractivity contribution is 0.528. The predicted molar refractivity (Wildman–Crippen MR) is 71.8 cm³/mol. The molecule has 0 fully saturated rings. The van der Waals surface area contributed by atoms with E-state index in [9.17, 15) is 4.79 Å². The van der Waals surface area contributed by atoms with E-state index < -0.39 is 0 Å². The molecule has 1 unspecified atom stereocenters. The van der Waals surface area contributed by atoms with E-state index in [-0.39, 0.29) is 11.8 Å². The molecule has 2 rings (SSSR count). The van der Waals surface area contributed by atoms with Crippen LogP contribution in [0.25, 0.3) is 11.1 Å². The number of aryl methyl sites for hydroxylation is 1. The van der Waals surface area contributed by atoms with Crippen molar-refractivity contribution in [3.8, 4) is 0 Å². The number of hydrogen-bond acceptors (Lipinski definition) is 5. The number of anilines is 1. The highest BCUT2D eigenvalue weighted by molar-refractivity contribution is 5.77. The third kappa shape index (κ3) is 2.25. The lowest BCUT2D eigenvalue weighted by Gasteiger charge is -2.22. The van der Waals surface area contributed by atoms with Crippen LogP contribution in [0.2, 0.25) is 0 Å². The summed E-state index contributed by atoms with van der Waals surface area (Å²) in [5.41, 5.74) is 13.7. The van der Waals surface area contributed by atoms with Crippen LogP contribution in [0.15, 0.2) is 27.4 Å². The Balaban J connectivity index is 2.34. The van der Waals surface area contributed by atoms with Crippen LogP contribution in [0.3, 0.4) is 0 Å². The molecule has 1 heterocycles. The molecule has 0 radical (unpaired) electrons. The van der Waals surface area contributed by atoms with Crippen LogP contribution in [-0.2, 0) is 7.05 Å². The molecular weight excluding hydrogens is 232 g/mol. The topological polar surface area (TPSA) is 90.4 Å². The van der Waals surface area contributed by atoms with Crippen molar-refractivity contribution in [3.63, 3.8) is 0 Å². The van der Waals surface area contributed by atoms with Crippen LogP contribution in [0.4, 0.5) is 5.69 Å². The summed E-state index contributed by atoms with van der Waals surface area (Å²) in [6, 6.07) is 5.52. The lowest BCUT2D eigenvalue weighted by Crippen LogP contribution is -2.40. The zero-order valence-electron chi connectivity index (χ0n) is 10.6. The van der Waals surface area contributed by atoms with Gasteiger partial charge in [0.15, 0.2) is 5.58 Å². The van der Waals surface area contributed by atoms with Gasteiger partial charge < -0.3 is 20.8 Å². The van der Waals surface area contributed by atoms with Gasteiger partial charge in [0.25, 0.3) is 0 Å². The molecule has 0 saturated heterocycles. The minimum Gasteiger partial charge on any atom is -0.408 e. The summed E-state index contributed by atoms with van der Waals surface area (Å²) < 4.78 is 6.56. The number of nitrogens with two attached hydrogens (primary N) is 2. The normalized spacial score (nSPS) is 12.9. The lowest BCUT2D eigenvalue weighted by atomic mass is 10.2. The van der Waals surface area contributed by atoms with E-state index in [2.05, 4.69) is 0 Å². The molecule has 0 aliphatic rings. The second kappa shape index (κ2) is 4.83. The zero-order valence-corrected chi connectivity index (χ0v) is 10.6. The monoisotopic (exact) mass is 250 g/mol. The van der Waals surface area contributed by atoms with Gasteiger partial charge in [0.1, 0.15) is 0 Å². The fourth-order valence-electron chi connectivity index (χ4n) is 1.88. The van der Waals surface area contributed by atoms with Gasteiger partial charge in [-0.2, -0.15) is 0 Å². The summed E-state index contributed by atoms with van der Waals surface area (Å²) in [6.45, 7) is 1.10. The zero-order chi connectivity index (χ0) is 13.3. The summed E-state index contributed by atoms with van der Waals surface area (Å²) in [6.07, 6.45) is 0. The maximum Gasteiger partial charge on any atom is 0.419 e. The smallest absolute Gasteiger partial charge is 0.408 e. The highest BCUT2D eigenvalue weighted by Crippen LogP contribution is 2.20. The van der Waals surface area contributed by atoms with Crippen molar-refractivity contribution in [2.45, 2.75) is 6.04 Å². The molecule has 0 aliphatic heterocycles. The van der Waals surface area contributed by atoms with E-state index in [1.165, 1.54) is 4.57 Å². The van der Waals surface area contributed by atoms with E-state index in [0.29, 0.717) is 18.7 Å². The van der Waals surface area contributed by atoms with Crippen LogP contribution < -0.4 is 22.1 Å². The summed E-state index contributed by atoms with van der Waals surface area (Å²) in [5.74, 6) is -0.358. The molecule has 1 aromatic carbocycles. The van der Waals surface area contributed by atoms with Crippen molar-refractivity contribution >= 4 is 16.8 Å². The quantitative estimate of drug-likeness (QED) is 0.787. The van der Waals surface area contributed by atoms with Gasteiger partial charge >= 0.3 is 5.76 Å². The molecule has 0 aliphatic carbocycles. The molecule has 0 saturated carbocycles. The van der Waals surface area contributed by atoms with Crippen molar-refractivity contribution in [3.05, 3.63) is 28.7 Å². The highest BCUT2D eigenvalue weighted by Gasteiger charge is 2.10. The third-order valence-corrected chi connectivity index (χ3v) is 3.03. The largest absolute Gasteiger partial charge is 0.419 e. The van der Waals surface area contributed by atoms with Crippen molar-refractivity contribution in [2.24, 2.45) is 18.5 Å². The minimum atomic E-state index is -0.358. The van der Waals surface area contributed by atoms with Gasteiger partial charge in [-0.3, -0.25) is 4.57 Å². The van der Waals surface area contributed by atoms with Gasteiger partial charge in [-0.05, 0) is 18.2 Å². The number of likely N-dealkylation sites (N-methyl/N-ethyl adjacent to an activating group) is 1. The van der Waals surface area contributed by atoms with Gasteiger partial charge in [-0.25, -0.2) is 4.79 Å². The van der Waals surface area contributed by atoms with Crippen molar-refractivity contribution in [2.75, 3.05) is 25.0 Å². The minimum absolute atomic E-state index is 0.0705. The first-order valence-corrected chi connectivity index (χ1v) is 5.79. The number of hydrogen-bond donors (Lipinski definition) is 2. The molecule has 6 heteroatoms. The number of aromatic nitrogens is 1. The molecule has 2 aromatic rings.